The summed E-state index contributed by atoms with van der Waals surface area (Å²) >= 11 is 0. The molecule has 0 spiro atoms. The molecule has 0 unspecified atom stereocenters. The van der Waals surface area contributed by atoms with E-state index in [9.17, 15) is 14.7 Å². The van der Waals surface area contributed by atoms with E-state index in [2.05, 4.69) is 28.5 Å². The van der Waals surface area contributed by atoms with Gasteiger partial charge in [-0.15, -0.1) is 0 Å². The second kappa shape index (κ2) is 22.5. The molecular weight excluding hydrogens is 348 g/mol. The van der Waals surface area contributed by atoms with Crippen LogP contribution in [-0.2, 0) is 14.3 Å². The molecule has 0 radical (unpaired) electrons. The lowest BCUT2D eigenvalue weighted by Crippen LogP contribution is -2.04. The number of aliphatic carboxylic acids is 1. The zero-order valence-corrected chi connectivity index (χ0v) is 17.5. The Bertz CT molecular complexity index is 362. The van der Waals surface area contributed by atoms with Crippen LogP contribution in [0.5, 0.6) is 0 Å². The van der Waals surface area contributed by atoms with Gasteiger partial charge < -0.3 is 19.7 Å². The van der Waals surface area contributed by atoms with Gasteiger partial charge in [0.1, 0.15) is 0 Å². The molecule has 0 aromatic rings. The fraction of sp³-hybridized carbons (Fsp3) is 0.810. The molecule has 0 bridgehead atoms. The summed E-state index contributed by atoms with van der Waals surface area (Å²) in [4.78, 5) is 20.1. The van der Waals surface area contributed by atoms with E-state index in [0.717, 1.165) is 51.4 Å². The molecule has 27 heavy (non-hydrogen) atoms. The van der Waals surface area contributed by atoms with E-state index in [1.54, 1.807) is 0 Å². The van der Waals surface area contributed by atoms with Crippen molar-refractivity contribution in [2.24, 2.45) is 0 Å². The highest BCUT2D eigenvalue weighted by Gasteiger charge is 2.00. The minimum absolute atomic E-state index is 0.172. The van der Waals surface area contributed by atoms with Crippen molar-refractivity contribution in [1.82, 2.24) is 0 Å². The molecule has 2 N–H and O–H groups in total. The van der Waals surface area contributed by atoms with Crippen molar-refractivity contribution >= 4 is 12.1 Å². The van der Waals surface area contributed by atoms with Crippen molar-refractivity contribution < 1.29 is 29.3 Å². The molecular formula is C21H40O6. The third kappa shape index (κ3) is 26.8. The minimum Gasteiger partial charge on any atom is -0.481 e. The Labute approximate surface area is 164 Å². The summed E-state index contributed by atoms with van der Waals surface area (Å²) < 4.78 is 8.08. The zero-order chi connectivity index (χ0) is 20.8. The van der Waals surface area contributed by atoms with E-state index in [1.807, 2.05) is 0 Å². The Morgan fingerprint density at radius 3 is 2.04 bits per heavy atom. The molecule has 0 aromatic carbocycles. The highest BCUT2D eigenvalue weighted by Crippen LogP contribution is 2.10. The maximum atomic E-state index is 10.3. The molecule has 6 nitrogen and oxygen atoms in total. The Balaban J connectivity index is 0. The van der Waals surface area contributed by atoms with E-state index in [0.29, 0.717) is 6.42 Å². The lowest BCUT2D eigenvalue weighted by molar-refractivity contribution is -0.137. The summed E-state index contributed by atoms with van der Waals surface area (Å²) in [6.45, 7) is 2.20. The molecule has 0 aliphatic rings. The molecule has 0 aliphatic heterocycles. The van der Waals surface area contributed by atoms with Crippen LogP contribution >= 0.6 is 0 Å². The predicted molar refractivity (Wildman–Crippen MR) is 108 cm³/mol. The van der Waals surface area contributed by atoms with Gasteiger partial charge in [0, 0.05) is 6.42 Å². The maximum Gasteiger partial charge on any atom is 0.507 e. The second-order valence-electron chi connectivity index (χ2n) is 6.57. The first-order chi connectivity index (χ1) is 13.0. The van der Waals surface area contributed by atoms with E-state index in [1.165, 1.54) is 39.9 Å². The van der Waals surface area contributed by atoms with Gasteiger partial charge in [-0.2, -0.15) is 0 Å². The van der Waals surface area contributed by atoms with E-state index in [-0.39, 0.29) is 6.10 Å². The van der Waals surface area contributed by atoms with Crippen LogP contribution in [0, 0.1) is 0 Å². The van der Waals surface area contributed by atoms with Crippen LogP contribution in [0.3, 0.4) is 0 Å². The first kappa shape index (κ1) is 27.7. The lowest BCUT2D eigenvalue weighted by atomic mass is 10.1. The van der Waals surface area contributed by atoms with Gasteiger partial charge >= 0.3 is 12.1 Å². The highest BCUT2D eigenvalue weighted by molar-refractivity contribution is 5.66. The highest BCUT2D eigenvalue weighted by atomic mass is 16.7. The number of hydrogen-bond acceptors (Lipinski definition) is 5. The molecule has 0 aromatic heterocycles. The summed E-state index contributed by atoms with van der Waals surface area (Å²) in [5.41, 5.74) is 0. The molecule has 0 fully saturated rings. The van der Waals surface area contributed by atoms with E-state index >= 15 is 0 Å². The topological polar surface area (TPSA) is 93.1 Å². The van der Waals surface area contributed by atoms with Crippen LogP contribution in [0.4, 0.5) is 4.79 Å². The fourth-order valence-electron chi connectivity index (χ4n) is 2.45. The number of hydrogen-bond donors (Lipinski definition) is 2. The molecule has 0 saturated carbocycles. The van der Waals surface area contributed by atoms with Crippen molar-refractivity contribution in [3.63, 3.8) is 0 Å². The number of allylic oxidation sites excluding steroid dienone is 1. The Hall–Kier alpha value is -1.56. The van der Waals surface area contributed by atoms with Crippen molar-refractivity contribution in [3.05, 3.63) is 12.2 Å². The van der Waals surface area contributed by atoms with Crippen LogP contribution in [0.25, 0.3) is 0 Å². The Kier molecular flexibility index (Phi) is 23.0. The standard InChI is InChI=1S/C18H34O3.C3H6O3/c1-2-3-4-11-14-17(19)15-12-9-7-5-6-8-10-13-16-18(20)21;1-5-3(4)6-2/h9,12,17,19H,2-8,10-11,13-16H2,1H3,(H,20,21);1-2H3/b12-9-;/t17-;/m1./s1. The monoisotopic (exact) mass is 388 g/mol. The summed E-state index contributed by atoms with van der Waals surface area (Å²) in [6, 6.07) is 0. The van der Waals surface area contributed by atoms with Gasteiger partial charge in [-0.3, -0.25) is 4.79 Å². The Morgan fingerprint density at radius 2 is 1.48 bits per heavy atom. The molecule has 0 heterocycles. The number of aliphatic hydroxyl groups is 1. The predicted octanol–water partition coefficient (Wildman–Crippen LogP) is 5.48. The van der Waals surface area contributed by atoms with Gasteiger partial charge in [0.05, 0.1) is 20.3 Å². The summed E-state index contributed by atoms with van der Waals surface area (Å²) in [7, 11) is 2.51. The van der Waals surface area contributed by atoms with Crippen molar-refractivity contribution in [3.8, 4) is 0 Å². The van der Waals surface area contributed by atoms with Crippen LogP contribution in [0.2, 0.25) is 0 Å². The second-order valence-corrected chi connectivity index (χ2v) is 6.57. The van der Waals surface area contributed by atoms with Gasteiger partial charge in [-0.25, -0.2) is 4.79 Å². The number of carbonyl (C=O) groups excluding carboxylic acids is 1. The molecule has 6 heteroatoms. The number of carboxylic acid groups (broad SMARTS) is 1. The third-order valence-corrected chi connectivity index (χ3v) is 4.06. The minimum atomic E-state index is -0.689. The first-order valence-electron chi connectivity index (χ1n) is 10.1. The van der Waals surface area contributed by atoms with Crippen LogP contribution in [0.1, 0.15) is 90.4 Å². The molecule has 0 saturated heterocycles. The summed E-state index contributed by atoms with van der Waals surface area (Å²) in [6.07, 6.45) is 16.7. The Morgan fingerprint density at radius 1 is 0.889 bits per heavy atom. The van der Waals surface area contributed by atoms with E-state index < -0.39 is 12.1 Å². The average molecular weight is 389 g/mol. The number of aliphatic hydroxyl groups excluding tert-OH is 1. The largest absolute Gasteiger partial charge is 0.507 e. The number of carboxylic acids is 1. The van der Waals surface area contributed by atoms with Gasteiger partial charge in [-0.1, -0.05) is 64.0 Å². The summed E-state index contributed by atoms with van der Waals surface area (Å²) in [5.74, 6) is -0.689. The fourth-order valence-corrected chi connectivity index (χ4v) is 2.45. The van der Waals surface area contributed by atoms with Crippen molar-refractivity contribution in [1.29, 1.82) is 0 Å². The molecule has 0 rings (SSSR count). The normalized spacial score (nSPS) is 11.6. The number of ether oxygens (including phenoxy) is 2. The van der Waals surface area contributed by atoms with Crippen LogP contribution in [-0.4, -0.2) is 42.7 Å². The molecule has 0 aliphatic carbocycles. The van der Waals surface area contributed by atoms with Crippen molar-refractivity contribution in [2.45, 2.75) is 96.5 Å². The van der Waals surface area contributed by atoms with Gasteiger partial charge in [0.25, 0.3) is 0 Å². The lowest BCUT2D eigenvalue weighted by Gasteiger charge is -2.07. The van der Waals surface area contributed by atoms with Gasteiger partial charge in [0.15, 0.2) is 0 Å². The van der Waals surface area contributed by atoms with Gasteiger partial charge in [-0.05, 0) is 32.1 Å². The zero-order valence-electron chi connectivity index (χ0n) is 17.5. The average Bonchev–Trinajstić information content (AvgIpc) is 2.66. The SMILES string of the molecule is CCCCCC[C@@H](O)C/C=C\CCCCCCCC(=O)O.COC(=O)OC. The molecule has 1 atom stereocenters. The van der Waals surface area contributed by atoms with E-state index in [4.69, 9.17) is 5.11 Å². The number of unbranched alkanes of at least 4 members (excludes halogenated alkanes) is 8. The van der Waals surface area contributed by atoms with Gasteiger partial charge in [0.2, 0.25) is 0 Å². The molecule has 0 amide bonds. The number of rotatable bonds is 15. The van der Waals surface area contributed by atoms with Crippen molar-refractivity contribution in [2.75, 3.05) is 14.2 Å². The quantitative estimate of drug-likeness (QED) is 0.219. The number of carbonyl (C=O) groups is 2. The summed E-state index contributed by atoms with van der Waals surface area (Å²) in [5, 5.41) is 18.3. The molecule has 160 valence electrons. The third-order valence-electron chi connectivity index (χ3n) is 4.06. The smallest absolute Gasteiger partial charge is 0.481 e. The first-order valence-corrected chi connectivity index (χ1v) is 10.1. The van der Waals surface area contributed by atoms with Crippen LogP contribution in [0.15, 0.2) is 12.2 Å². The number of methoxy groups -OCH3 is 2. The maximum absolute atomic E-state index is 10.3. The van der Waals surface area contributed by atoms with Crippen LogP contribution < -0.4 is 0 Å².